The Hall–Kier alpha value is -2.30. The maximum atomic E-state index is 14.3. The summed E-state index contributed by atoms with van der Waals surface area (Å²) < 4.78 is 65.1. The number of aliphatic hydroxyl groups excluding tert-OH is 10. The minimum atomic E-state index is -5.69. The van der Waals surface area contributed by atoms with Gasteiger partial charge < -0.3 is 89.1 Å². The van der Waals surface area contributed by atoms with Crippen molar-refractivity contribution in [2.24, 2.45) is 0 Å². The van der Waals surface area contributed by atoms with Crippen LogP contribution in [0.3, 0.4) is 0 Å². The van der Waals surface area contributed by atoms with Gasteiger partial charge in [-0.1, -0.05) is 251 Å². The molecule has 0 aromatic rings. The van der Waals surface area contributed by atoms with Gasteiger partial charge in [0.2, 0.25) is 0 Å². The van der Waals surface area contributed by atoms with Gasteiger partial charge >= 0.3 is 25.7 Å². The number of phosphoric acid groups is 1. The fraction of sp³-hybridized carbons (Fsp3) is 0.932. The molecule has 25 heteroatoms. The number of aliphatic hydroxyl groups is 10. The first-order valence-corrected chi connectivity index (χ1v) is 40.0. The predicted octanol–water partition coefficient (Wildman–Crippen LogP) is 10.7. The average Bonchev–Trinajstić information content (AvgIpc) is 0.762. The van der Waals surface area contributed by atoms with Crippen molar-refractivity contribution in [2.75, 3.05) is 26.4 Å². The molecule has 3 fully saturated rings. The molecule has 2 saturated heterocycles. The highest BCUT2D eigenvalue weighted by Crippen LogP contribution is 2.49. The molecule has 3 aliphatic rings. The Morgan fingerprint density at radius 1 is 0.388 bits per heavy atom. The van der Waals surface area contributed by atoms with Gasteiger partial charge in [-0.25, -0.2) is 4.57 Å². The summed E-state index contributed by atoms with van der Waals surface area (Å²) in [6.07, 6.45) is 14.1. The number of esters is 3. The van der Waals surface area contributed by atoms with Gasteiger partial charge in [0.1, 0.15) is 98.7 Å². The lowest BCUT2D eigenvalue weighted by molar-refractivity contribution is -0.360. The Balaban J connectivity index is 1.73. The van der Waals surface area contributed by atoms with Crippen LogP contribution in [0.5, 0.6) is 0 Å². The normalized spacial score (nSPS) is 27.7. The largest absolute Gasteiger partial charge is 0.472 e. The number of carbonyl (C=O) groups is 3. The van der Waals surface area contributed by atoms with Gasteiger partial charge in [0.05, 0.1) is 13.2 Å². The van der Waals surface area contributed by atoms with E-state index in [0.29, 0.717) is 19.3 Å². The summed E-state index contributed by atoms with van der Waals surface area (Å²) in [4.78, 5) is 51.0. The SMILES string of the molecule is CCCCCC/C=C\CCCCCCCCCC(=O)OC(COC(=O)CCCCCCCCCCCCCCCCC)COP(=O)(O)OC1C(OC2OC(CO)C(O)C(O)C2O)C(O)C(O)C(O)C1OC1OC(COC(=O)CCCCCCCCCCCCCCC)C(O)C(O)C1O. The third-order valence-corrected chi connectivity index (χ3v) is 20.0. The van der Waals surface area contributed by atoms with Crippen LogP contribution in [-0.4, -0.2) is 204 Å². The van der Waals surface area contributed by atoms with Crippen LogP contribution in [0.25, 0.3) is 0 Å². The zero-order valence-corrected chi connectivity index (χ0v) is 61.0. The second kappa shape index (κ2) is 55.2. The van der Waals surface area contributed by atoms with Crippen LogP contribution in [-0.2, 0) is 61.2 Å². The van der Waals surface area contributed by atoms with Gasteiger partial charge in [-0.3, -0.25) is 23.4 Å². The summed E-state index contributed by atoms with van der Waals surface area (Å²) in [7, 11) is -5.69. The summed E-state index contributed by atoms with van der Waals surface area (Å²) >= 11 is 0. The first-order chi connectivity index (χ1) is 47.3. The Bertz CT molecular complexity index is 2080. The smallest absolute Gasteiger partial charge is 0.463 e. The summed E-state index contributed by atoms with van der Waals surface area (Å²) in [6.45, 7) is 3.45. The van der Waals surface area contributed by atoms with Gasteiger partial charge in [0.15, 0.2) is 18.7 Å². The molecule has 576 valence electrons. The molecule has 24 nitrogen and oxygen atoms in total. The molecule has 3 rings (SSSR count). The number of rotatable bonds is 60. The van der Waals surface area contributed by atoms with Crippen LogP contribution in [0, 0.1) is 0 Å². The monoisotopic (exact) mass is 1430 g/mol. The van der Waals surface area contributed by atoms with Crippen molar-refractivity contribution in [3.05, 3.63) is 12.2 Å². The lowest BCUT2D eigenvalue weighted by atomic mass is 9.84. The van der Waals surface area contributed by atoms with Crippen molar-refractivity contribution < 1.29 is 117 Å². The molecule has 0 amide bonds. The molecule has 0 aromatic carbocycles. The van der Waals surface area contributed by atoms with Crippen LogP contribution >= 0.6 is 7.82 Å². The summed E-state index contributed by atoms with van der Waals surface area (Å²) in [5.41, 5.74) is 0. The number of phosphoric ester groups is 1. The number of unbranched alkanes of at least 4 members (excludes halogenated alkanes) is 37. The lowest BCUT2D eigenvalue weighted by Crippen LogP contribution is -2.69. The van der Waals surface area contributed by atoms with Crippen molar-refractivity contribution >= 4 is 25.7 Å². The average molecular weight is 1430 g/mol. The fourth-order valence-corrected chi connectivity index (χ4v) is 13.7. The second-order valence-corrected chi connectivity index (χ2v) is 29.1. The highest BCUT2D eigenvalue weighted by Gasteiger charge is 2.58. The third-order valence-electron chi connectivity index (χ3n) is 19.0. The quantitative estimate of drug-likeness (QED) is 0.00886. The molecule has 11 N–H and O–H groups in total. The maximum Gasteiger partial charge on any atom is 0.472 e. The number of ether oxygens (including phenoxy) is 7. The van der Waals surface area contributed by atoms with Gasteiger partial charge in [-0.2, -0.15) is 0 Å². The van der Waals surface area contributed by atoms with Crippen LogP contribution in [0.2, 0.25) is 0 Å². The van der Waals surface area contributed by atoms with E-state index in [1.54, 1.807) is 0 Å². The van der Waals surface area contributed by atoms with Crippen molar-refractivity contribution in [2.45, 2.75) is 407 Å². The van der Waals surface area contributed by atoms with Gasteiger partial charge in [0.25, 0.3) is 0 Å². The minimum Gasteiger partial charge on any atom is -0.463 e. The minimum absolute atomic E-state index is 0.0322. The molecule has 1 aliphatic carbocycles. The molecule has 0 bridgehead atoms. The molecule has 18 atom stereocenters. The van der Waals surface area contributed by atoms with Crippen LogP contribution < -0.4 is 0 Å². The molecule has 0 radical (unpaired) electrons. The zero-order chi connectivity index (χ0) is 71.8. The molecule has 98 heavy (non-hydrogen) atoms. The standard InChI is InChI=1S/C73H135O24P/c1-4-7-10-13-16-19-22-25-27-30-33-35-38-41-44-47-57(75)89-51-54(92-59(77)49-46-43-40-37-34-31-28-26-23-20-17-14-11-8-5-2)52-91-98(87,88)97-71-69(95-72-67(85)62(80)60(78)55(50-74)93-72)65(83)64(82)66(84)70(71)96-73-68(86)63(81)61(79)56(94-73)53-90-58(76)48-45-42-39-36-32-29-24-21-18-15-12-9-6-3/h20,23,54-56,60-74,78-86H,4-19,21-22,24-53H2,1-3H3,(H,87,88)/b23-20-. The fourth-order valence-electron chi connectivity index (χ4n) is 12.8. The van der Waals surface area contributed by atoms with Crippen molar-refractivity contribution in [3.63, 3.8) is 0 Å². The molecule has 0 spiro atoms. The Labute approximate surface area is 586 Å². The summed E-state index contributed by atoms with van der Waals surface area (Å²) in [5.74, 6) is -1.98. The number of hydrogen-bond acceptors (Lipinski definition) is 23. The summed E-state index contributed by atoms with van der Waals surface area (Å²) in [6, 6.07) is 0. The predicted molar refractivity (Wildman–Crippen MR) is 370 cm³/mol. The van der Waals surface area contributed by atoms with E-state index in [-0.39, 0.29) is 19.3 Å². The lowest BCUT2D eigenvalue weighted by Gasteiger charge is -2.49. The van der Waals surface area contributed by atoms with E-state index in [2.05, 4.69) is 32.9 Å². The number of allylic oxidation sites excluding steroid dienone is 2. The number of hydrogen-bond donors (Lipinski definition) is 11. The first kappa shape index (κ1) is 89.9. The topological polar surface area (TPSA) is 374 Å². The Morgan fingerprint density at radius 2 is 0.714 bits per heavy atom. The molecule has 2 aliphatic heterocycles. The van der Waals surface area contributed by atoms with Gasteiger partial charge in [-0.15, -0.1) is 0 Å². The molecule has 0 aromatic heterocycles. The third kappa shape index (κ3) is 37.9. The highest BCUT2D eigenvalue weighted by molar-refractivity contribution is 7.47. The van der Waals surface area contributed by atoms with Gasteiger partial charge in [0, 0.05) is 19.3 Å². The van der Waals surface area contributed by atoms with Crippen molar-refractivity contribution in [3.8, 4) is 0 Å². The van der Waals surface area contributed by atoms with E-state index in [0.717, 1.165) is 109 Å². The molecular formula is C73H135O24P. The molecule has 18 unspecified atom stereocenters. The van der Waals surface area contributed by atoms with Crippen LogP contribution in [0.4, 0.5) is 0 Å². The molecule has 1 saturated carbocycles. The van der Waals surface area contributed by atoms with Crippen molar-refractivity contribution in [1.29, 1.82) is 0 Å². The Morgan fingerprint density at radius 3 is 1.11 bits per heavy atom. The van der Waals surface area contributed by atoms with E-state index in [4.69, 9.17) is 42.2 Å². The van der Waals surface area contributed by atoms with Crippen molar-refractivity contribution in [1.82, 2.24) is 0 Å². The van der Waals surface area contributed by atoms with Crippen LogP contribution in [0.15, 0.2) is 12.2 Å². The van der Waals surface area contributed by atoms with Crippen LogP contribution in [0.1, 0.15) is 303 Å². The highest BCUT2D eigenvalue weighted by atomic mass is 31.2. The van der Waals surface area contributed by atoms with E-state index in [9.17, 15) is 74.9 Å². The van der Waals surface area contributed by atoms with Gasteiger partial charge in [-0.05, 0) is 44.9 Å². The number of carbonyl (C=O) groups excluding carboxylic acids is 3. The molecule has 2 heterocycles. The summed E-state index contributed by atoms with van der Waals surface area (Å²) in [5, 5.41) is 110. The second-order valence-electron chi connectivity index (χ2n) is 27.7. The molecular weight excluding hydrogens is 1290 g/mol. The van der Waals surface area contributed by atoms with E-state index < -0.39 is 156 Å². The van der Waals surface area contributed by atoms with E-state index in [1.807, 2.05) is 0 Å². The van der Waals surface area contributed by atoms with E-state index in [1.165, 1.54) is 135 Å². The first-order valence-electron chi connectivity index (χ1n) is 38.5. The maximum absolute atomic E-state index is 14.3. The zero-order valence-electron chi connectivity index (χ0n) is 60.1. The Kier molecular flexibility index (Phi) is 50.7. The van der Waals surface area contributed by atoms with E-state index >= 15 is 0 Å².